The van der Waals surface area contributed by atoms with E-state index in [1.807, 2.05) is 54.6 Å². The van der Waals surface area contributed by atoms with Crippen molar-refractivity contribution in [2.24, 2.45) is 10.2 Å². The van der Waals surface area contributed by atoms with Crippen LogP contribution in [-0.4, -0.2) is 11.7 Å². The quantitative estimate of drug-likeness (QED) is 0.612. The van der Waals surface area contributed by atoms with E-state index in [9.17, 15) is 0 Å². The highest BCUT2D eigenvalue weighted by Gasteiger charge is 2.04. The lowest BCUT2D eigenvalue weighted by Gasteiger charge is -2.08. The van der Waals surface area contributed by atoms with Gasteiger partial charge in [-0.1, -0.05) is 30.3 Å². The second-order valence-electron chi connectivity index (χ2n) is 4.16. The van der Waals surface area contributed by atoms with Crippen LogP contribution < -0.4 is 0 Å². The molecule has 1 unspecified atom stereocenters. The third-order valence-electron chi connectivity index (χ3n) is 2.72. The van der Waals surface area contributed by atoms with E-state index >= 15 is 0 Å². The third-order valence-corrected chi connectivity index (χ3v) is 3.27. The summed E-state index contributed by atoms with van der Waals surface area (Å²) in [5, 5.41) is 17.3. The van der Waals surface area contributed by atoms with Gasteiger partial charge in [-0.25, -0.2) is 0 Å². The smallest absolute Gasteiger partial charge is 0.0857 e. The summed E-state index contributed by atoms with van der Waals surface area (Å²) in [6.07, 6.45) is 0.647. The molecule has 0 aliphatic carbocycles. The van der Waals surface area contributed by atoms with Gasteiger partial charge in [0, 0.05) is 11.9 Å². The molecule has 0 fully saturated rings. The number of rotatable bonds is 5. The van der Waals surface area contributed by atoms with Gasteiger partial charge in [0.25, 0.3) is 0 Å². The number of aliphatic hydroxyl groups excluding tert-OH is 1. The lowest BCUT2D eigenvalue weighted by atomic mass is 10.1. The first kappa shape index (κ1) is 13.8. The van der Waals surface area contributed by atoms with Gasteiger partial charge in [0.05, 0.1) is 11.4 Å². The summed E-state index contributed by atoms with van der Waals surface area (Å²) in [6, 6.07) is 17.4. The van der Waals surface area contributed by atoms with Gasteiger partial charge in [-0.2, -0.15) is 22.9 Å². The monoisotopic (exact) mass is 272 g/mol. The first-order chi connectivity index (χ1) is 9.29. The summed E-state index contributed by atoms with van der Waals surface area (Å²) in [7, 11) is 0. The highest BCUT2D eigenvalue weighted by molar-refractivity contribution is 7.80. The first-order valence-corrected chi connectivity index (χ1v) is 6.67. The third kappa shape index (κ3) is 4.19. The molecule has 1 atom stereocenters. The molecule has 19 heavy (non-hydrogen) atoms. The molecular formula is C15H16N2OS. The molecule has 4 heteroatoms. The molecule has 0 spiro atoms. The van der Waals surface area contributed by atoms with Gasteiger partial charge in [0.1, 0.15) is 0 Å². The zero-order valence-corrected chi connectivity index (χ0v) is 11.4. The number of nitrogens with zero attached hydrogens (tertiary/aromatic N) is 2. The minimum absolute atomic E-state index is 0.0603. The molecule has 0 aliphatic rings. The van der Waals surface area contributed by atoms with Crippen molar-refractivity contribution in [2.45, 2.75) is 11.7 Å². The SMILES string of the molecule is OCCC(S)c1ccc(N=Nc2ccccc2)cc1. The van der Waals surface area contributed by atoms with E-state index in [4.69, 9.17) is 5.11 Å². The van der Waals surface area contributed by atoms with Crippen LogP contribution in [-0.2, 0) is 0 Å². The van der Waals surface area contributed by atoms with E-state index < -0.39 is 0 Å². The number of hydrogen-bond acceptors (Lipinski definition) is 4. The molecule has 3 nitrogen and oxygen atoms in total. The molecule has 98 valence electrons. The second-order valence-corrected chi connectivity index (χ2v) is 4.78. The van der Waals surface area contributed by atoms with Crippen LogP contribution in [0.25, 0.3) is 0 Å². The summed E-state index contributed by atoms with van der Waals surface area (Å²) in [5.74, 6) is 0. The van der Waals surface area contributed by atoms with E-state index in [2.05, 4.69) is 22.9 Å². The van der Waals surface area contributed by atoms with Crippen molar-refractivity contribution in [1.82, 2.24) is 0 Å². The molecule has 0 saturated heterocycles. The van der Waals surface area contributed by atoms with Crippen molar-refractivity contribution in [1.29, 1.82) is 0 Å². The maximum Gasteiger partial charge on any atom is 0.0857 e. The maximum absolute atomic E-state index is 8.88. The molecule has 0 saturated carbocycles. The fourth-order valence-electron chi connectivity index (χ4n) is 1.66. The molecule has 0 amide bonds. The van der Waals surface area contributed by atoms with Gasteiger partial charge in [-0.05, 0) is 36.2 Å². The van der Waals surface area contributed by atoms with Crippen LogP contribution in [0.2, 0.25) is 0 Å². The molecule has 0 radical (unpaired) electrons. The minimum Gasteiger partial charge on any atom is -0.396 e. The Morgan fingerprint density at radius 3 is 2.05 bits per heavy atom. The molecule has 2 aromatic rings. The normalized spacial score (nSPS) is 12.7. The van der Waals surface area contributed by atoms with Crippen LogP contribution in [0.1, 0.15) is 17.2 Å². The van der Waals surface area contributed by atoms with Gasteiger partial charge < -0.3 is 5.11 Å². The van der Waals surface area contributed by atoms with Crippen molar-refractivity contribution < 1.29 is 5.11 Å². The second kappa shape index (κ2) is 7.07. The highest BCUT2D eigenvalue weighted by Crippen LogP contribution is 2.26. The predicted molar refractivity (Wildman–Crippen MR) is 80.5 cm³/mol. The first-order valence-electron chi connectivity index (χ1n) is 6.15. The van der Waals surface area contributed by atoms with Crippen LogP contribution in [0.5, 0.6) is 0 Å². The summed E-state index contributed by atoms with van der Waals surface area (Å²) in [6.45, 7) is 0.142. The van der Waals surface area contributed by atoms with Crippen LogP contribution in [0, 0.1) is 0 Å². The number of azo groups is 1. The van der Waals surface area contributed by atoms with Crippen LogP contribution in [0.15, 0.2) is 64.8 Å². The van der Waals surface area contributed by atoms with Crippen molar-refractivity contribution in [3.8, 4) is 0 Å². The average molecular weight is 272 g/mol. The van der Waals surface area contributed by atoms with Crippen molar-refractivity contribution in [3.63, 3.8) is 0 Å². The van der Waals surface area contributed by atoms with Gasteiger partial charge in [0.15, 0.2) is 0 Å². The lowest BCUT2D eigenvalue weighted by Crippen LogP contribution is -1.93. The summed E-state index contributed by atoms with van der Waals surface area (Å²) >= 11 is 4.43. The lowest BCUT2D eigenvalue weighted by molar-refractivity contribution is 0.287. The highest BCUT2D eigenvalue weighted by atomic mass is 32.1. The van der Waals surface area contributed by atoms with Crippen LogP contribution in [0.4, 0.5) is 11.4 Å². The molecule has 0 heterocycles. The van der Waals surface area contributed by atoms with E-state index in [1.165, 1.54) is 0 Å². The van der Waals surface area contributed by atoms with Crippen molar-refractivity contribution >= 4 is 24.0 Å². The Hall–Kier alpha value is -1.65. The fraction of sp³-hybridized carbons (Fsp3) is 0.200. The fourth-order valence-corrected chi connectivity index (χ4v) is 1.95. The Morgan fingerprint density at radius 2 is 1.47 bits per heavy atom. The summed E-state index contributed by atoms with van der Waals surface area (Å²) in [4.78, 5) is 0. The van der Waals surface area contributed by atoms with Crippen LogP contribution >= 0.6 is 12.6 Å². The zero-order valence-electron chi connectivity index (χ0n) is 10.5. The minimum atomic E-state index is 0.0603. The van der Waals surface area contributed by atoms with E-state index in [-0.39, 0.29) is 11.9 Å². The predicted octanol–water partition coefficient (Wildman–Crippen LogP) is 4.46. The molecule has 1 N–H and O–H groups in total. The topological polar surface area (TPSA) is 45.0 Å². The number of hydrogen-bond donors (Lipinski definition) is 2. The Kier molecular flexibility index (Phi) is 5.12. The Morgan fingerprint density at radius 1 is 0.895 bits per heavy atom. The van der Waals surface area contributed by atoms with Gasteiger partial charge in [-0.3, -0.25) is 0 Å². The molecule has 2 rings (SSSR count). The van der Waals surface area contributed by atoms with Crippen molar-refractivity contribution in [2.75, 3.05) is 6.61 Å². The number of thiol groups is 1. The molecule has 2 aromatic carbocycles. The molecular weight excluding hydrogens is 256 g/mol. The Bertz CT molecular complexity index is 526. The Balaban J connectivity index is 2.05. The molecule has 0 aromatic heterocycles. The standard InChI is InChI=1S/C15H16N2OS/c18-11-10-15(19)12-6-8-14(9-7-12)17-16-13-4-2-1-3-5-13/h1-9,15,18-19H,10-11H2. The van der Waals surface area contributed by atoms with E-state index in [1.54, 1.807) is 0 Å². The molecule has 0 bridgehead atoms. The maximum atomic E-state index is 8.88. The Labute approximate surface area is 118 Å². The summed E-state index contributed by atoms with van der Waals surface area (Å²) < 4.78 is 0. The van der Waals surface area contributed by atoms with Gasteiger partial charge >= 0.3 is 0 Å². The van der Waals surface area contributed by atoms with E-state index in [0.29, 0.717) is 6.42 Å². The summed E-state index contributed by atoms with van der Waals surface area (Å²) in [5.41, 5.74) is 2.71. The van der Waals surface area contributed by atoms with Crippen molar-refractivity contribution in [3.05, 3.63) is 60.2 Å². The number of aliphatic hydroxyl groups is 1. The zero-order chi connectivity index (χ0) is 13.5. The van der Waals surface area contributed by atoms with Gasteiger partial charge in [0.2, 0.25) is 0 Å². The van der Waals surface area contributed by atoms with E-state index in [0.717, 1.165) is 16.9 Å². The average Bonchev–Trinajstić information content (AvgIpc) is 2.47. The largest absolute Gasteiger partial charge is 0.396 e. The van der Waals surface area contributed by atoms with Gasteiger partial charge in [-0.15, -0.1) is 0 Å². The number of benzene rings is 2. The van der Waals surface area contributed by atoms with Crippen LogP contribution in [0.3, 0.4) is 0 Å². The molecule has 0 aliphatic heterocycles.